The van der Waals surface area contributed by atoms with E-state index in [2.05, 4.69) is 29.3 Å². The Morgan fingerprint density at radius 2 is 1.73 bits per heavy atom. The number of hydrogen-bond donors (Lipinski definition) is 4. The summed E-state index contributed by atoms with van der Waals surface area (Å²) >= 11 is 0. The van der Waals surface area contributed by atoms with E-state index in [0.717, 1.165) is 23.1 Å². The third-order valence-corrected chi connectivity index (χ3v) is 7.26. The molecule has 1 aromatic rings. The van der Waals surface area contributed by atoms with Crippen LogP contribution < -0.4 is 14.2 Å². The van der Waals surface area contributed by atoms with Crippen LogP contribution in [0.4, 0.5) is 0 Å². The van der Waals surface area contributed by atoms with E-state index in [0.29, 0.717) is 17.7 Å². The van der Waals surface area contributed by atoms with E-state index >= 15 is 0 Å². The summed E-state index contributed by atoms with van der Waals surface area (Å²) in [6.07, 6.45) is 4.85. The minimum atomic E-state index is -1.47. The molecule has 2 rings (SSSR count). The highest BCUT2D eigenvalue weighted by Crippen LogP contribution is 2.41. The predicted octanol–water partition coefficient (Wildman–Crippen LogP) is 3.96. The molecule has 2 heterocycles. The zero-order chi connectivity index (χ0) is 30.1. The van der Waals surface area contributed by atoms with Crippen LogP contribution in [0.5, 0.6) is 17.4 Å². The van der Waals surface area contributed by atoms with Gasteiger partial charge in [0.15, 0.2) is 5.75 Å². The largest absolute Gasteiger partial charge is 0.489 e. The molecule has 1 aromatic heterocycles. The zero-order valence-electron chi connectivity index (χ0n) is 25.2. The van der Waals surface area contributed by atoms with Crippen LogP contribution in [-0.2, 0) is 11.2 Å². The Kier molecular flexibility index (Phi) is 12.9. The van der Waals surface area contributed by atoms with Crippen molar-refractivity contribution >= 4 is 0 Å². The number of methoxy groups -OCH3 is 2. The van der Waals surface area contributed by atoms with Crippen molar-refractivity contribution in [3.05, 3.63) is 58.4 Å². The molecule has 0 radical (unpaired) electrons. The monoisotopic (exact) mass is 561 g/mol. The summed E-state index contributed by atoms with van der Waals surface area (Å²) in [5.41, 5.74) is 4.54. The summed E-state index contributed by atoms with van der Waals surface area (Å²) in [5, 5.41) is 41.0. The van der Waals surface area contributed by atoms with Crippen LogP contribution in [0.2, 0.25) is 0 Å². The first-order valence-electron chi connectivity index (χ1n) is 13.6. The van der Waals surface area contributed by atoms with Gasteiger partial charge in [-0.15, -0.1) is 0 Å². The van der Waals surface area contributed by atoms with E-state index in [1.54, 1.807) is 6.92 Å². The number of allylic oxidation sites excluding steroid dienone is 6. The molecule has 7 atom stereocenters. The Balaban J connectivity index is 2.20. The lowest BCUT2D eigenvalue weighted by Gasteiger charge is -2.39. The fourth-order valence-corrected chi connectivity index (χ4v) is 4.47. The summed E-state index contributed by atoms with van der Waals surface area (Å²) in [6, 6.07) is 0. The maximum Gasteiger partial charge on any atom is 0.261 e. The van der Waals surface area contributed by atoms with Gasteiger partial charge in [0, 0.05) is 17.9 Å². The molecular weight excluding hydrogens is 514 g/mol. The van der Waals surface area contributed by atoms with Gasteiger partial charge in [-0.05, 0) is 53.5 Å². The van der Waals surface area contributed by atoms with E-state index in [1.165, 1.54) is 14.2 Å². The lowest BCUT2D eigenvalue weighted by molar-refractivity contribution is -0.268. The smallest absolute Gasteiger partial charge is 0.261 e. The van der Waals surface area contributed by atoms with Gasteiger partial charge in [0.05, 0.1) is 32.1 Å². The molecule has 0 unspecified atom stereocenters. The van der Waals surface area contributed by atoms with Crippen LogP contribution >= 0.6 is 0 Å². The van der Waals surface area contributed by atoms with Crippen molar-refractivity contribution < 1.29 is 39.4 Å². The van der Waals surface area contributed by atoms with Gasteiger partial charge in [0.2, 0.25) is 12.0 Å². The summed E-state index contributed by atoms with van der Waals surface area (Å²) in [5.74, 6) is 0.751. The zero-order valence-corrected chi connectivity index (χ0v) is 25.2. The second-order valence-electron chi connectivity index (χ2n) is 10.5. The molecule has 9 heteroatoms. The second kappa shape index (κ2) is 15.3. The Morgan fingerprint density at radius 3 is 2.33 bits per heavy atom. The van der Waals surface area contributed by atoms with Crippen molar-refractivity contribution in [2.75, 3.05) is 14.2 Å². The fourth-order valence-electron chi connectivity index (χ4n) is 4.47. The molecule has 1 saturated heterocycles. The Labute approximate surface area is 238 Å². The van der Waals surface area contributed by atoms with E-state index in [9.17, 15) is 20.4 Å². The van der Waals surface area contributed by atoms with E-state index < -0.39 is 36.8 Å². The minimum Gasteiger partial charge on any atom is -0.489 e. The number of aromatic nitrogens is 1. The van der Waals surface area contributed by atoms with Gasteiger partial charge in [0.1, 0.15) is 18.3 Å². The van der Waals surface area contributed by atoms with Crippen LogP contribution in [0.3, 0.4) is 0 Å². The molecule has 1 aliphatic rings. The molecule has 4 N–H and O–H groups in total. The molecule has 0 bridgehead atoms. The number of rotatable bonds is 12. The number of nitrogens with zero attached hydrogens (tertiary/aromatic N) is 1. The molecule has 0 aliphatic carbocycles. The Hall–Kier alpha value is -2.69. The normalized spacial score (nSPS) is 26.1. The highest BCUT2D eigenvalue weighted by atomic mass is 16.7. The molecule has 224 valence electrons. The number of hydrogen-bond acceptors (Lipinski definition) is 9. The quantitative estimate of drug-likeness (QED) is 0.221. The Morgan fingerprint density at radius 1 is 1.05 bits per heavy atom. The first kappa shape index (κ1) is 33.5. The first-order valence-corrected chi connectivity index (χ1v) is 13.6. The lowest BCUT2D eigenvalue weighted by Crippen LogP contribution is -2.58. The van der Waals surface area contributed by atoms with Gasteiger partial charge in [0.25, 0.3) is 5.88 Å². The van der Waals surface area contributed by atoms with Crippen molar-refractivity contribution in [2.45, 2.75) is 98.1 Å². The van der Waals surface area contributed by atoms with Gasteiger partial charge in [-0.3, -0.25) is 0 Å². The van der Waals surface area contributed by atoms with E-state index in [4.69, 9.17) is 18.9 Å². The average molecular weight is 562 g/mol. The Bertz CT molecular complexity index is 1110. The van der Waals surface area contributed by atoms with Crippen molar-refractivity contribution in [2.24, 2.45) is 5.92 Å². The SMILES string of the molecule is C/C=C(\C)[C@@H](O)[C@H](C)/C=C(C)/C=C/C/C(C)=C/Cc1nc(OC)c(OC)c(O[C@@H]2O[C@@H](C)[C@H](O)[C@@H](O)[C@H]2O)c1C. The third-order valence-electron chi connectivity index (χ3n) is 7.26. The predicted molar refractivity (Wildman–Crippen MR) is 155 cm³/mol. The minimum absolute atomic E-state index is 0.0182. The maximum absolute atomic E-state index is 10.5. The molecule has 0 aromatic carbocycles. The number of aliphatic hydroxyl groups excluding tert-OH is 4. The molecule has 0 spiro atoms. The van der Waals surface area contributed by atoms with Crippen molar-refractivity contribution in [1.29, 1.82) is 0 Å². The van der Waals surface area contributed by atoms with Gasteiger partial charge >= 0.3 is 0 Å². The maximum atomic E-state index is 10.5. The van der Waals surface area contributed by atoms with Crippen molar-refractivity contribution in [3.8, 4) is 17.4 Å². The first-order chi connectivity index (χ1) is 18.9. The molecular formula is C31H47NO8. The number of aliphatic hydroxyl groups is 4. The summed E-state index contributed by atoms with van der Waals surface area (Å²) in [4.78, 5) is 4.61. The van der Waals surface area contributed by atoms with Crippen LogP contribution in [0, 0.1) is 12.8 Å². The average Bonchev–Trinajstić information content (AvgIpc) is 2.93. The van der Waals surface area contributed by atoms with E-state index in [1.807, 2.05) is 47.6 Å². The topological polar surface area (TPSA) is 131 Å². The second-order valence-corrected chi connectivity index (χ2v) is 10.5. The number of pyridine rings is 1. The molecule has 1 aliphatic heterocycles. The van der Waals surface area contributed by atoms with E-state index in [-0.39, 0.29) is 23.3 Å². The highest BCUT2D eigenvalue weighted by molar-refractivity contribution is 5.54. The van der Waals surface area contributed by atoms with Crippen LogP contribution in [0.15, 0.2) is 47.1 Å². The van der Waals surface area contributed by atoms with Gasteiger partial charge in [-0.1, -0.05) is 48.5 Å². The third kappa shape index (κ3) is 8.41. The lowest BCUT2D eigenvalue weighted by atomic mass is 9.96. The van der Waals surface area contributed by atoms with Crippen LogP contribution in [0.25, 0.3) is 0 Å². The number of ether oxygens (including phenoxy) is 4. The molecule has 0 amide bonds. The molecule has 0 saturated carbocycles. The van der Waals surface area contributed by atoms with Crippen LogP contribution in [-0.4, -0.2) is 76.4 Å². The van der Waals surface area contributed by atoms with Gasteiger partial charge in [-0.25, -0.2) is 4.98 Å². The molecule has 40 heavy (non-hydrogen) atoms. The van der Waals surface area contributed by atoms with Gasteiger partial charge in [-0.2, -0.15) is 0 Å². The summed E-state index contributed by atoms with van der Waals surface area (Å²) in [7, 11) is 2.93. The fraction of sp³-hybridized carbons (Fsp3) is 0.581. The highest BCUT2D eigenvalue weighted by Gasteiger charge is 2.43. The molecule has 9 nitrogen and oxygen atoms in total. The molecule has 1 fully saturated rings. The van der Waals surface area contributed by atoms with Crippen molar-refractivity contribution in [1.82, 2.24) is 4.98 Å². The van der Waals surface area contributed by atoms with Crippen LogP contribution in [0.1, 0.15) is 59.2 Å². The van der Waals surface area contributed by atoms with Gasteiger partial charge < -0.3 is 39.4 Å². The summed E-state index contributed by atoms with van der Waals surface area (Å²) in [6.45, 7) is 13.3. The summed E-state index contributed by atoms with van der Waals surface area (Å²) < 4.78 is 22.6. The van der Waals surface area contributed by atoms with Crippen molar-refractivity contribution in [3.63, 3.8) is 0 Å². The standard InChI is InChI=1S/C31H47NO8/c1-10-19(4)24(33)20(5)16-18(3)13-11-12-17(2)14-15-23-21(6)28(29(37-8)30(32-23)38-9)40-31-27(36)26(35)25(34)22(7)39-31/h10-11,13-14,16,20,22,24-27,31,33-36H,12,15H2,1-9H3/b13-11+,17-14+,18-16+,19-10+/t20-,22+,24-,25+,26-,27-,31+/m1/s1.